The van der Waals surface area contributed by atoms with Crippen molar-refractivity contribution >= 4 is 17.5 Å². The number of benzene rings is 1. The summed E-state index contributed by atoms with van der Waals surface area (Å²) in [6.07, 6.45) is 0.836. The van der Waals surface area contributed by atoms with Crippen molar-refractivity contribution in [2.24, 2.45) is 0 Å². The van der Waals surface area contributed by atoms with Crippen molar-refractivity contribution in [3.05, 3.63) is 34.9 Å². The summed E-state index contributed by atoms with van der Waals surface area (Å²) in [7, 11) is 1.10. The number of methoxy groups -OCH3 is 1. The molecule has 0 amide bonds. The van der Waals surface area contributed by atoms with Crippen molar-refractivity contribution in [2.75, 3.05) is 13.7 Å². The van der Waals surface area contributed by atoms with Crippen LogP contribution in [0.4, 0.5) is 0 Å². The zero-order chi connectivity index (χ0) is 15.3. The average molecular weight is 278 g/mol. The molecule has 0 bridgehead atoms. The van der Waals surface area contributed by atoms with Crippen LogP contribution >= 0.6 is 0 Å². The minimum atomic E-state index is -1.03. The number of esters is 1. The zero-order valence-electron chi connectivity index (χ0n) is 12.0. The Bertz CT molecular complexity index is 558. The molecule has 0 fully saturated rings. The lowest BCUT2D eigenvalue weighted by atomic mass is 10.0. The number of ether oxygens (including phenoxy) is 2. The number of hydrogen-bond acceptors (Lipinski definition) is 5. The molecule has 20 heavy (non-hydrogen) atoms. The molecule has 0 atom stereocenters. The Balaban J connectivity index is 3.27. The van der Waals surface area contributed by atoms with Gasteiger partial charge >= 0.3 is 5.97 Å². The minimum Gasteiger partial charge on any atom is -0.507 e. The molecule has 1 aromatic carbocycles. The predicted molar refractivity (Wildman–Crippen MR) is 74.7 cm³/mol. The smallest absolute Gasteiger partial charge is 0.378 e. The van der Waals surface area contributed by atoms with E-state index in [-0.39, 0.29) is 5.76 Å². The molecule has 0 saturated heterocycles. The van der Waals surface area contributed by atoms with Crippen molar-refractivity contribution < 1.29 is 24.2 Å². The first-order valence-corrected chi connectivity index (χ1v) is 6.18. The van der Waals surface area contributed by atoms with Crippen molar-refractivity contribution in [1.29, 1.82) is 0 Å². The number of hydrogen-bond donors (Lipinski definition) is 1. The van der Waals surface area contributed by atoms with Gasteiger partial charge in [0.2, 0.25) is 0 Å². The first-order valence-electron chi connectivity index (χ1n) is 6.18. The van der Waals surface area contributed by atoms with Crippen LogP contribution in [-0.2, 0) is 14.3 Å². The summed E-state index contributed by atoms with van der Waals surface area (Å²) in [6, 6.07) is 3.60. The standard InChI is InChI=1S/C15H18O5/c1-5-20-14-10(3)6-9(2)7-11(14)12(16)8-13(17)15(18)19-4/h6-8,16H,5H2,1-4H3/b12-8-. The molecule has 0 heterocycles. The van der Waals surface area contributed by atoms with Crippen molar-refractivity contribution in [1.82, 2.24) is 0 Å². The SMILES string of the molecule is CCOc1c(C)cc(C)cc1/C(O)=C/C(=O)C(=O)OC. The van der Waals surface area contributed by atoms with Gasteiger partial charge in [-0.1, -0.05) is 6.07 Å². The van der Waals surface area contributed by atoms with Gasteiger partial charge < -0.3 is 14.6 Å². The quantitative estimate of drug-likeness (QED) is 0.387. The molecule has 0 unspecified atom stereocenters. The maximum absolute atomic E-state index is 11.4. The van der Waals surface area contributed by atoms with Crippen molar-refractivity contribution in [3.63, 3.8) is 0 Å². The van der Waals surface area contributed by atoms with E-state index in [1.807, 2.05) is 26.8 Å². The number of rotatable bonds is 5. The summed E-state index contributed by atoms with van der Waals surface area (Å²) < 4.78 is 9.78. The third kappa shape index (κ3) is 3.60. The van der Waals surface area contributed by atoms with Gasteiger partial charge in [0, 0.05) is 6.08 Å². The summed E-state index contributed by atoms with van der Waals surface area (Å²) in [5, 5.41) is 10.0. The van der Waals surface area contributed by atoms with Crippen LogP contribution in [0.15, 0.2) is 18.2 Å². The Morgan fingerprint density at radius 2 is 1.95 bits per heavy atom. The fraction of sp³-hybridized carbons (Fsp3) is 0.333. The van der Waals surface area contributed by atoms with E-state index in [4.69, 9.17) is 4.74 Å². The molecule has 0 aromatic heterocycles. The lowest BCUT2D eigenvalue weighted by Crippen LogP contribution is -2.13. The molecule has 1 N–H and O–H groups in total. The number of aryl methyl sites for hydroxylation is 2. The highest BCUT2D eigenvalue weighted by Crippen LogP contribution is 2.30. The molecule has 0 aliphatic rings. The third-order valence-electron chi connectivity index (χ3n) is 2.64. The zero-order valence-corrected chi connectivity index (χ0v) is 12.0. The average Bonchev–Trinajstić information content (AvgIpc) is 2.40. The first kappa shape index (κ1) is 15.8. The van der Waals surface area contributed by atoms with Gasteiger partial charge in [-0.15, -0.1) is 0 Å². The van der Waals surface area contributed by atoms with Crippen molar-refractivity contribution in [2.45, 2.75) is 20.8 Å². The topological polar surface area (TPSA) is 72.8 Å². The molecule has 1 rings (SSSR count). The molecule has 0 aliphatic heterocycles. The van der Waals surface area contributed by atoms with Crippen LogP contribution in [0.5, 0.6) is 5.75 Å². The van der Waals surface area contributed by atoms with Crippen LogP contribution < -0.4 is 4.74 Å². The molecule has 0 saturated carbocycles. The van der Waals surface area contributed by atoms with Crippen LogP contribution in [0.1, 0.15) is 23.6 Å². The van der Waals surface area contributed by atoms with Gasteiger partial charge in [0.1, 0.15) is 11.5 Å². The van der Waals surface area contributed by atoms with Crippen LogP contribution in [0, 0.1) is 13.8 Å². The maximum Gasteiger partial charge on any atom is 0.378 e. The van der Waals surface area contributed by atoms with Gasteiger partial charge in [-0.25, -0.2) is 4.79 Å². The van der Waals surface area contributed by atoms with E-state index < -0.39 is 11.8 Å². The first-order chi connectivity index (χ1) is 9.40. The Morgan fingerprint density at radius 3 is 2.50 bits per heavy atom. The summed E-state index contributed by atoms with van der Waals surface area (Å²) in [5.74, 6) is -1.79. The van der Waals surface area contributed by atoms with Crippen LogP contribution in [0.2, 0.25) is 0 Å². The Kier molecular flexibility index (Phi) is 5.32. The highest BCUT2D eigenvalue weighted by Gasteiger charge is 2.16. The molecule has 5 heteroatoms. The van der Waals surface area contributed by atoms with E-state index in [0.29, 0.717) is 17.9 Å². The number of aliphatic hydroxyl groups excluding tert-OH is 1. The Labute approximate surface area is 117 Å². The maximum atomic E-state index is 11.4. The molecule has 108 valence electrons. The molecular formula is C15H18O5. The Hall–Kier alpha value is -2.30. The van der Waals surface area contributed by atoms with Gasteiger partial charge in [0.05, 0.1) is 19.3 Å². The van der Waals surface area contributed by atoms with Gasteiger partial charge in [0.15, 0.2) is 0 Å². The van der Waals surface area contributed by atoms with Gasteiger partial charge in [-0.3, -0.25) is 4.79 Å². The fourth-order valence-corrected chi connectivity index (χ4v) is 1.84. The second kappa shape index (κ2) is 6.75. The van der Waals surface area contributed by atoms with Crippen LogP contribution in [0.25, 0.3) is 5.76 Å². The molecule has 5 nitrogen and oxygen atoms in total. The van der Waals surface area contributed by atoms with E-state index in [2.05, 4.69) is 4.74 Å². The minimum absolute atomic E-state index is 0.323. The summed E-state index contributed by atoms with van der Waals surface area (Å²) in [5.41, 5.74) is 2.13. The van der Waals surface area contributed by atoms with E-state index >= 15 is 0 Å². The normalized spacial score (nSPS) is 11.1. The number of carbonyl (C=O) groups is 2. The van der Waals surface area contributed by atoms with E-state index in [0.717, 1.165) is 24.3 Å². The highest BCUT2D eigenvalue weighted by atomic mass is 16.5. The van der Waals surface area contributed by atoms with Gasteiger partial charge in [-0.05, 0) is 38.0 Å². The molecule has 0 radical (unpaired) electrons. The third-order valence-corrected chi connectivity index (χ3v) is 2.64. The summed E-state index contributed by atoms with van der Waals surface area (Å²) >= 11 is 0. The van der Waals surface area contributed by atoms with Crippen LogP contribution in [-0.4, -0.2) is 30.6 Å². The summed E-state index contributed by atoms with van der Waals surface area (Å²) in [4.78, 5) is 22.5. The predicted octanol–water partition coefficient (Wildman–Crippen LogP) is 2.34. The lowest BCUT2D eigenvalue weighted by molar-refractivity contribution is -0.149. The molecular weight excluding hydrogens is 260 g/mol. The fourth-order valence-electron chi connectivity index (χ4n) is 1.84. The van der Waals surface area contributed by atoms with Gasteiger partial charge in [-0.2, -0.15) is 0 Å². The highest BCUT2D eigenvalue weighted by molar-refractivity contribution is 6.39. The molecule has 0 spiro atoms. The second-order valence-electron chi connectivity index (χ2n) is 4.28. The van der Waals surface area contributed by atoms with E-state index in [1.54, 1.807) is 6.07 Å². The monoisotopic (exact) mass is 278 g/mol. The van der Waals surface area contributed by atoms with Crippen molar-refractivity contribution in [3.8, 4) is 5.75 Å². The van der Waals surface area contributed by atoms with Crippen LogP contribution in [0.3, 0.4) is 0 Å². The lowest BCUT2D eigenvalue weighted by Gasteiger charge is -2.13. The van der Waals surface area contributed by atoms with Gasteiger partial charge in [0.25, 0.3) is 5.78 Å². The van der Waals surface area contributed by atoms with E-state index in [9.17, 15) is 14.7 Å². The molecule has 0 aliphatic carbocycles. The number of aliphatic hydroxyl groups is 1. The Morgan fingerprint density at radius 1 is 1.30 bits per heavy atom. The number of carbonyl (C=O) groups excluding carboxylic acids is 2. The largest absolute Gasteiger partial charge is 0.507 e. The second-order valence-corrected chi connectivity index (χ2v) is 4.28. The summed E-state index contributed by atoms with van der Waals surface area (Å²) in [6.45, 7) is 5.96. The number of ketones is 1. The molecule has 1 aromatic rings. The van der Waals surface area contributed by atoms with E-state index in [1.165, 1.54) is 0 Å².